The van der Waals surface area contributed by atoms with Gasteiger partial charge in [0.25, 0.3) is 0 Å². The second-order valence-electron chi connectivity index (χ2n) is 5.61. The zero-order chi connectivity index (χ0) is 17.9. The van der Waals surface area contributed by atoms with Crippen LogP contribution in [0.4, 0.5) is 5.82 Å². The van der Waals surface area contributed by atoms with E-state index in [1.807, 2.05) is 13.8 Å². The third-order valence-electron chi connectivity index (χ3n) is 4.10. The topological polar surface area (TPSA) is 91.0 Å². The third kappa shape index (κ3) is 3.64. The van der Waals surface area contributed by atoms with E-state index in [9.17, 15) is 8.42 Å². The van der Waals surface area contributed by atoms with E-state index in [-0.39, 0.29) is 11.4 Å². The van der Waals surface area contributed by atoms with E-state index >= 15 is 0 Å². The number of fused-ring (bicyclic) bond motifs is 1. The third-order valence-corrected chi connectivity index (χ3v) is 5.50. The van der Waals surface area contributed by atoms with Crippen LogP contribution >= 0.6 is 0 Å². The van der Waals surface area contributed by atoms with Crippen molar-refractivity contribution in [1.29, 1.82) is 0 Å². The lowest BCUT2D eigenvalue weighted by Crippen LogP contribution is -2.23. The highest BCUT2D eigenvalue weighted by atomic mass is 32.2. The Morgan fingerprint density at radius 1 is 1.12 bits per heavy atom. The summed E-state index contributed by atoms with van der Waals surface area (Å²) in [6, 6.07) is 8.56. The average molecular weight is 359 g/mol. The number of benzene rings is 1. The van der Waals surface area contributed by atoms with Gasteiger partial charge in [0.1, 0.15) is 0 Å². The maximum absolute atomic E-state index is 12.6. The lowest BCUT2D eigenvalue weighted by atomic mass is 10.2. The Morgan fingerprint density at radius 3 is 2.52 bits per heavy atom. The summed E-state index contributed by atoms with van der Waals surface area (Å²) in [6.07, 6.45) is 3.27. The van der Waals surface area contributed by atoms with Crippen LogP contribution < -0.4 is 9.62 Å². The van der Waals surface area contributed by atoms with Crippen LogP contribution in [0, 0.1) is 0 Å². The minimum absolute atomic E-state index is 0.219. The lowest BCUT2D eigenvalue weighted by Gasteiger charge is -2.18. The first-order chi connectivity index (χ1) is 12.0. The van der Waals surface area contributed by atoms with Crippen molar-refractivity contribution in [1.82, 2.24) is 19.9 Å². The molecule has 3 aromatic rings. The highest BCUT2D eigenvalue weighted by molar-refractivity contribution is 7.89. The molecule has 0 aliphatic heterocycles. The van der Waals surface area contributed by atoms with Crippen LogP contribution in [-0.4, -0.2) is 36.7 Å². The minimum atomic E-state index is -3.61. The van der Waals surface area contributed by atoms with Crippen LogP contribution in [0.3, 0.4) is 0 Å². The molecule has 2 N–H and O–H groups in total. The molecule has 1 aromatic carbocycles. The number of sulfonamides is 1. The molecule has 2 heterocycles. The number of H-pyrrole nitrogens is 1. The van der Waals surface area contributed by atoms with Gasteiger partial charge in [-0.2, -0.15) is 5.10 Å². The Morgan fingerprint density at radius 2 is 1.84 bits per heavy atom. The predicted octanol–water partition coefficient (Wildman–Crippen LogP) is 2.28. The van der Waals surface area contributed by atoms with Crippen molar-refractivity contribution in [2.24, 2.45) is 0 Å². The molecule has 8 heteroatoms. The number of pyridine rings is 1. The Bertz CT molecular complexity index is 950. The largest absolute Gasteiger partial charge is 0.355 e. The minimum Gasteiger partial charge on any atom is -0.355 e. The average Bonchev–Trinajstić information content (AvgIpc) is 3.05. The monoisotopic (exact) mass is 359 g/mol. The van der Waals surface area contributed by atoms with Gasteiger partial charge in [0.05, 0.1) is 10.4 Å². The van der Waals surface area contributed by atoms with Crippen LogP contribution in [0.15, 0.2) is 47.6 Å². The van der Waals surface area contributed by atoms with E-state index in [1.165, 1.54) is 0 Å². The van der Waals surface area contributed by atoms with Crippen molar-refractivity contribution in [3.63, 3.8) is 0 Å². The summed E-state index contributed by atoms with van der Waals surface area (Å²) in [6.45, 7) is 5.90. The second-order valence-corrected chi connectivity index (χ2v) is 7.37. The fourth-order valence-corrected chi connectivity index (χ4v) is 3.72. The number of hydrogen-bond donors (Lipinski definition) is 2. The fraction of sp³-hybridized carbons (Fsp3) is 0.294. The smallest absolute Gasteiger partial charge is 0.240 e. The van der Waals surface area contributed by atoms with E-state index in [0.717, 1.165) is 35.4 Å². The van der Waals surface area contributed by atoms with Crippen molar-refractivity contribution in [3.05, 3.63) is 48.3 Å². The summed E-state index contributed by atoms with van der Waals surface area (Å²) in [7, 11) is -3.61. The highest BCUT2D eigenvalue weighted by Gasteiger charge is 2.18. The van der Waals surface area contributed by atoms with E-state index in [1.54, 1.807) is 42.7 Å². The standard InChI is InChI=1S/C17H21N5O2S/c1-3-22(4-2)17-15-11-14(5-6-16(15)20-21-17)25(23,24)19-12-13-7-9-18-10-8-13/h5-11,19H,3-4,12H2,1-2H3,(H,20,21). The summed E-state index contributed by atoms with van der Waals surface area (Å²) in [5.74, 6) is 0.770. The van der Waals surface area contributed by atoms with Gasteiger partial charge in [0.2, 0.25) is 10.0 Å². The second kappa shape index (κ2) is 7.20. The van der Waals surface area contributed by atoms with Crippen LogP contribution in [-0.2, 0) is 16.6 Å². The maximum Gasteiger partial charge on any atom is 0.240 e. The van der Waals surface area contributed by atoms with E-state index < -0.39 is 10.0 Å². The highest BCUT2D eigenvalue weighted by Crippen LogP contribution is 2.26. The van der Waals surface area contributed by atoms with Crippen molar-refractivity contribution >= 4 is 26.7 Å². The number of hydrogen-bond acceptors (Lipinski definition) is 5. The van der Waals surface area contributed by atoms with Crippen LogP contribution in [0.1, 0.15) is 19.4 Å². The number of aromatic nitrogens is 3. The van der Waals surface area contributed by atoms with E-state index in [4.69, 9.17) is 0 Å². The Balaban J connectivity index is 1.90. The van der Waals surface area contributed by atoms with Gasteiger partial charge in [-0.05, 0) is 49.7 Å². The zero-order valence-corrected chi connectivity index (χ0v) is 15.0. The molecule has 0 radical (unpaired) electrons. The van der Waals surface area contributed by atoms with Gasteiger partial charge in [-0.1, -0.05) is 0 Å². The van der Waals surface area contributed by atoms with Crippen molar-refractivity contribution in [2.45, 2.75) is 25.3 Å². The molecular weight excluding hydrogens is 338 g/mol. The molecule has 132 valence electrons. The normalized spacial score (nSPS) is 11.8. The number of anilines is 1. The molecule has 0 saturated carbocycles. The predicted molar refractivity (Wildman–Crippen MR) is 97.9 cm³/mol. The van der Waals surface area contributed by atoms with Gasteiger partial charge in [0, 0.05) is 37.4 Å². The lowest BCUT2D eigenvalue weighted by molar-refractivity contribution is 0.581. The first-order valence-corrected chi connectivity index (χ1v) is 9.65. The number of aromatic amines is 1. The summed E-state index contributed by atoms with van der Waals surface area (Å²) < 4.78 is 27.9. The maximum atomic E-state index is 12.6. The Labute approximate surface area is 147 Å². The molecule has 2 aromatic heterocycles. The van der Waals surface area contributed by atoms with Gasteiger partial charge in [-0.3, -0.25) is 10.1 Å². The molecule has 0 saturated heterocycles. The van der Waals surface area contributed by atoms with Gasteiger partial charge >= 0.3 is 0 Å². The molecule has 0 fully saturated rings. The van der Waals surface area contributed by atoms with Crippen molar-refractivity contribution < 1.29 is 8.42 Å². The van der Waals surface area contributed by atoms with Gasteiger partial charge in [0.15, 0.2) is 5.82 Å². The van der Waals surface area contributed by atoms with Crippen LogP contribution in [0.25, 0.3) is 10.9 Å². The Kier molecular flexibility index (Phi) is 5.00. The quantitative estimate of drug-likeness (QED) is 0.675. The molecule has 7 nitrogen and oxygen atoms in total. The summed E-state index contributed by atoms with van der Waals surface area (Å²) >= 11 is 0. The summed E-state index contributed by atoms with van der Waals surface area (Å²) in [5.41, 5.74) is 1.67. The molecular formula is C17H21N5O2S. The zero-order valence-electron chi connectivity index (χ0n) is 14.2. The van der Waals surface area contributed by atoms with Crippen molar-refractivity contribution in [3.8, 4) is 0 Å². The molecule has 0 atom stereocenters. The number of nitrogens with zero attached hydrogens (tertiary/aromatic N) is 3. The molecule has 0 spiro atoms. The molecule has 25 heavy (non-hydrogen) atoms. The van der Waals surface area contributed by atoms with E-state index in [0.29, 0.717) is 0 Å². The number of rotatable bonds is 7. The first kappa shape index (κ1) is 17.4. The number of nitrogens with one attached hydrogen (secondary N) is 2. The summed E-state index contributed by atoms with van der Waals surface area (Å²) in [5, 5.41) is 8.09. The van der Waals surface area contributed by atoms with Gasteiger partial charge in [-0.15, -0.1) is 0 Å². The Hall–Kier alpha value is -2.45. The summed E-state index contributed by atoms with van der Waals surface area (Å²) in [4.78, 5) is 6.23. The molecule has 0 aliphatic rings. The first-order valence-electron chi connectivity index (χ1n) is 8.16. The molecule has 0 unspecified atom stereocenters. The SMILES string of the molecule is CCN(CC)c1n[nH]c2ccc(S(=O)(=O)NCc3ccncc3)cc12. The fourth-order valence-electron chi connectivity index (χ4n) is 2.67. The molecule has 0 bridgehead atoms. The van der Waals surface area contributed by atoms with Gasteiger partial charge in [-0.25, -0.2) is 13.1 Å². The molecule has 0 aliphatic carbocycles. The van der Waals surface area contributed by atoms with Gasteiger partial charge < -0.3 is 4.90 Å². The van der Waals surface area contributed by atoms with Crippen molar-refractivity contribution in [2.75, 3.05) is 18.0 Å². The molecule has 3 rings (SSSR count). The van der Waals surface area contributed by atoms with Crippen LogP contribution in [0.2, 0.25) is 0 Å². The van der Waals surface area contributed by atoms with E-state index in [2.05, 4.69) is 24.8 Å². The van der Waals surface area contributed by atoms with Crippen LogP contribution in [0.5, 0.6) is 0 Å². The molecule has 0 amide bonds.